The van der Waals surface area contributed by atoms with Gasteiger partial charge in [-0.3, -0.25) is 0 Å². The first kappa shape index (κ1) is 15.9. The van der Waals surface area contributed by atoms with E-state index in [1.807, 2.05) is 6.92 Å². The zero-order valence-corrected chi connectivity index (χ0v) is 11.5. The van der Waals surface area contributed by atoms with Crippen LogP contribution < -0.4 is 10.6 Å². The van der Waals surface area contributed by atoms with E-state index in [1.165, 1.54) is 6.07 Å². The minimum atomic E-state index is -1.08. The van der Waals surface area contributed by atoms with Crippen LogP contribution >= 0.6 is 0 Å². The predicted octanol–water partition coefficient (Wildman–Crippen LogP) is 2.12. The fraction of sp³-hybridized carbons (Fsp3) is 0.429. The van der Waals surface area contributed by atoms with Crippen LogP contribution in [-0.2, 0) is 11.3 Å². The summed E-state index contributed by atoms with van der Waals surface area (Å²) < 4.78 is 13.3. The number of amides is 2. The third kappa shape index (κ3) is 4.53. The van der Waals surface area contributed by atoms with Crippen molar-refractivity contribution in [2.45, 2.75) is 32.9 Å². The Morgan fingerprint density at radius 1 is 1.35 bits per heavy atom. The standard InChI is InChI=1S/C14H19FN2O3/c1-3-9(2)12(13(18)19)17-14(20)16-8-10-6-4-5-7-11(10)15/h4-7,9,12H,3,8H2,1-2H3,(H,18,19)(H2,16,17,20)/t9?,12-/m0/s1. The van der Waals surface area contributed by atoms with Crippen LogP contribution in [-0.4, -0.2) is 23.1 Å². The second kappa shape index (κ2) is 7.47. The monoisotopic (exact) mass is 282 g/mol. The summed E-state index contributed by atoms with van der Waals surface area (Å²) in [6, 6.07) is 4.49. The van der Waals surface area contributed by atoms with Gasteiger partial charge in [0, 0.05) is 12.1 Å². The van der Waals surface area contributed by atoms with Crippen molar-refractivity contribution in [2.75, 3.05) is 0 Å². The molecule has 0 bridgehead atoms. The molecule has 20 heavy (non-hydrogen) atoms. The number of carboxylic acids is 1. The van der Waals surface area contributed by atoms with Gasteiger partial charge in [0.05, 0.1) is 0 Å². The van der Waals surface area contributed by atoms with Gasteiger partial charge in [-0.15, -0.1) is 0 Å². The molecule has 2 atom stereocenters. The normalized spacial score (nSPS) is 13.3. The third-order valence-electron chi connectivity index (χ3n) is 3.16. The van der Waals surface area contributed by atoms with E-state index in [4.69, 9.17) is 5.11 Å². The summed E-state index contributed by atoms with van der Waals surface area (Å²) in [6.45, 7) is 3.60. The van der Waals surface area contributed by atoms with Crippen LogP contribution in [0.25, 0.3) is 0 Å². The van der Waals surface area contributed by atoms with Crippen molar-refractivity contribution in [2.24, 2.45) is 5.92 Å². The van der Waals surface area contributed by atoms with Gasteiger partial charge in [0.25, 0.3) is 0 Å². The SMILES string of the molecule is CCC(C)[C@H](NC(=O)NCc1ccccc1F)C(=O)O. The first-order chi connectivity index (χ1) is 9.45. The molecule has 1 aromatic carbocycles. The summed E-state index contributed by atoms with van der Waals surface area (Å²) in [4.78, 5) is 22.7. The number of hydrogen-bond acceptors (Lipinski definition) is 2. The number of carbonyl (C=O) groups is 2. The number of nitrogens with one attached hydrogen (secondary N) is 2. The van der Waals surface area contributed by atoms with E-state index in [-0.39, 0.29) is 12.5 Å². The molecule has 0 aliphatic rings. The molecular formula is C14H19FN2O3. The van der Waals surface area contributed by atoms with Crippen molar-refractivity contribution in [1.82, 2.24) is 10.6 Å². The molecule has 0 aliphatic carbocycles. The van der Waals surface area contributed by atoms with E-state index < -0.39 is 23.9 Å². The number of rotatable bonds is 6. The Bertz CT molecular complexity index is 479. The lowest BCUT2D eigenvalue weighted by Crippen LogP contribution is -2.48. The van der Waals surface area contributed by atoms with Crippen molar-refractivity contribution in [3.05, 3.63) is 35.6 Å². The summed E-state index contributed by atoms with van der Waals surface area (Å²) in [5.74, 6) is -1.68. The average molecular weight is 282 g/mol. The minimum absolute atomic E-state index is 0.00531. The van der Waals surface area contributed by atoms with Crippen LogP contribution in [0.1, 0.15) is 25.8 Å². The topological polar surface area (TPSA) is 78.4 Å². The van der Waals surface area contributed by atoms with E-state index >= 15 is 0 Å². The summed E-state index contributed by atoms with van der Waals surface area (Å²) in [6.07, 6.45) is 0.630. The molecule has 5 nitrogen and oxygen atoms in total. The molecule has 0 aliphatic heterocycles. The van der Waals surface area contributed by atoms with Gasteiger partial charge in [0.2, 0.25) is 0 Å². The first-order valence-corrected chi connectivity index (χ1v) is 6.46. The molecule has 0 fully saturated rings. The summed E-state index contributed by atoms with van der Waals surface area (Å²) in [5.41, 5.74) is 0.345. The number of halogens is 1. The third-order valence-corrected chi connectivity index (χ3v) is 3.16. The maximum Gasteiger partial charge on any atom is 0.326 e. The zero-order chi connectivity index (χ0) is 15.1. The molecule has 0 heterocycles. The van der Waals surface area contributed by atoms with Gasteiger partial charge in [-0.05, 0) is 12.0 Å². The second-order valence-electron chi connectivity index (χ2n) is 4.62. The first-order valence-electron chi connectivity index (χ1n) is 6.46. The van der Waals surface area contributed by atoms with Crippen LogP contribution in [0.15, 0.2) is 24.3 Å². The van der Waals surface area contributed by atoms with Gasteiger partial charge < -0.3 is 15.7 Å². The Kier molecular flexibility index (Phi) is 5.96. The smallest absolute Gasteiger partial charge is 0.326 e. The summed E-state index contributed by atoms with van der Waals surface area (Å²) in [5, 5.41) is 13.9. The van der Waals surface area contributed by atoms with Gasteiger partial charge in [-0.1, -0.05) is 38.5 Å². The van der Waals surface area contributed by atoms with Gasteiger partial charge in [0.1, 0.15) is 11.9 Å². The van der Waals surface area contributed by atoms with Gasteiger partial charge in [0.15, 0.2) is 0 Å². The van der Waals surface area contributed by atoms with Crippen molar-refractivity contribution in [1.29, 1.82) is 0 Å². The molecular weight excluding hydrogens is 263 g/mol. The van der Waals surface area contributed by atoms with E-state index in [0.717, 1.165) is 0 Å². The number of hydrogen-bond donors (Lipinski definition) is 3. The Morgan fingerprint density at radius 2 is 2.00 bits per heavy atom. The highest BCUT2D eigenvalue weighted by molar-refractivity contribution is 5.82. The summed E-state index contributed by atoms with van der Waals surface area (Å²) in [7, 11) is 0. The lowest BCUT2D eigenvalue weighted by atomic mass is 9.99. The molecule has 0 radical (unpaired) electrons. The number of benzene rings is 1. The maximum absolute atomic E-state index is 13.3. The molecule has 2 amide bonds. The average Bonchev–Trinajstić information content (AvgIpc) is 2.42. The van der Waals surface area contributed by atoms with Crippen molar-refractivity contribution < 1.29 is 19.1 Å². The Balaban J connectivity index is 2.55. The van der Waals surface area contributed by atoms with Crippen LogP contribution in [0.4, 0.5) is 9.18 Å². The fourth-order valence-electron chi connectivity index (χ4n) is 1.69. The van der Waals surface area contributed by atoms with E-state index in [2.05, 4.69) is 10.6 Å². The van der Waals surface area contributed by atoms with E-state index in [9.17, 15) is 14.0 Å². The molecule has 0 aromatic heterocycles. The molecule has 1 rings (SSSR count). The van der Waals surface area contributed by atoms with Crippen LogP contribution in [0.3, 0.4) is 0 Å². The van der Waals surface area contributed by atoms with Crippen LogP contribution in [0.2, 0.25) is 0 Å². The molecule has 0 saturated carbocycles. The van der Waals surface area contributed by atoms with E-state index in [1.54, 1.807) is 25.1 Å². The largest absolute Gasteiger partial charge is 0.480 e. The molecule has 0 saturated heterocycles. The maximum atomic E-state index is 13.3. The van der Waals surface area contributed by atoms with Gasteiger partial charge in [-0.25, -0.2) is 14.0 Å². The highest BCUT2D eigenvalue weighted by Gasteiger charge is 2.25. The minimum Gasteiger partial charge on any atom is -0.480 e. The molecule has 1 aromatic rings. The van der Waals surface area contributed by atoms with Crippen molar-refractivity contribution in [3.8, 4) is 0 Å². The molecule has 6 heteroatoms. The Hall–Kier alpha value is -2.11. The van der Waals surface area contributed by atoms with Gasteiger partial charge in [-0.2, -0.15) is 0 Å². The van der Waals surface area contributed by atoms with Crippen LogP contribution in [0.5, 0.6) is 0 Å². The predicted molar refractivity (Wildman–Crippen MR) is 72.7 cm³/mol. The Morgan fingerprint density at radius 3 is 2.55 bits per heavy atom. The summed E-state index contributed by atoms with van der Waals surface area (Å²) >= 11 is 0. The molecule has 110 valence electrons. The zero-order valence-electron chi connectivity index (χ0n) is 11.5. The second-order valence-corrected chi connectivity index (χ2v) is 4.62. The molecule has 0 spiro atoms. The van der Waals surface area contributed by atoms with Crippen molar-refractivity contribution in [3.63, 3.8) is 0 Å². The fourth-order valence-corrected chi connectivity index (χ4v) is 1.69. The van der Waals surface area contributed by atoms with Gasteiger partial charge >= 0.3 is 12.0 Å². The lowest BCUT2D eigenvalue weighted by Gasteiger charge is -2.20. The molecule has 3 N–H and O–H groups in total. The number of carboxylic acid groups (broad SMARTS) is 1. The quantitative estimate of drug-likeness (QED) is 0.748. The number of urea groups is 1. The lowest BCUT2D eigenvalue weighted by molar-refractivity contribution is -0.140. The van der Waals surface area contributed by atoms with Crippen LogP contribution in [0, 0.1) is 11.7 Å². The van der Waals surface area contributed by atoms with E-state index in [0.29, 0.717) is 12.0 Å². The highest BCUT2D eigenvalue weighted by Crippen LogP contribution is 2.08. The molecule has 1 unspecified atom stereocenters. The number of carbonyl (C=O) groups excluding carboxylic acids is 1. The Labute approximate surface area is 117 Å². The number of aliphatic carboxylic acids is 1. The highest BCUT2D eigenvalue weighted by atomic mass is 19.1. The van der Waals surface area contributed by atoms with Crippen molar-refractivity contribution >= 4 is 12.0 Å².